The Labute approximate surface area is 159 Å². The lowest BCUT2D eigenvalue weighted by atomic mass is 10.2. The molecule has 1 aromatic heterocycles. The van der Waals surface area contributed by atoms with Crippen LogP contribution in [0.4, 0.5) is 5.69 Å². The molecular weight excluding hydrogens is 374 g/mol. The molecule has 0 aliphatic carbocycles. The lowest BCUT2D eigenvalue weighted by Gasteiger charge is -2.07. The molecular formula is C18H16ClN3O3S. The van der Waals surface area contributed by atoms with E-state index >= 15 is 0 Å². The number of anilines is 1. The first kappa shape index (κ1) is 18.3. The number of carbonyl (C=O) groups excluding carboxylic acids is 1. The van der Waals surface area contributed by atoms with Gasteiger partial charge in [-0.3, -0.25) is 4.79 Å². The highest BCUT2D eigenvalue weighted by Crippen LogP contribution is 2.25. The topological polar surface area (TPSA) is 77.2 Å². The van der Waals surface area contributed by atoms with Crippen molar-refractivity contribution >= 4 is 35.0 Å². The highest BCUT2D eigenvalue weighted by atomic mass is 35.5. The van der Waals surface area contributed by atoms with Crippen molar-refractivity contribution in [2.24, 2.45) is 0 Å². The van der Waals surface area contributed by atoms with E-state index in [2.05, 4.69) is 15.5 Å². The molecule has 0 atom stereocenters. The molecule has 0 aliphatic rings. The monoisotopic (exact) mass is 389 g/mol. The summed E-state index contributed by atoms with van der Waals surface area (Å²) in [7, 11) is 1.60. The molecule has 0 aliphatic heterocycles. The van der Waals surface area contributed by atoms with E-state index in [0.29, 0.717) is 16.1 Å². The molecule has 0 fully saturated rings. The van der Waals surface area contributed by atoms with Crippen LogP contribution >= 0.6 is 23.4 Å². The number of benzene rings is 2. The maximum Gasteiger partial charge on any atom is 0.277 e. The summed E-state index contributed by atoms with van der Waals surface area (Å²) in [6.07, 6.45) is 0. The van der Waals surface area contributed by atoms with Gasteiger partial charge in [0.15, 0.2) is 0 Å². The van der Waals surface area contributed by atoms with Crippen LogP contribution in [0.2, 0.25) is 5.02 Å². The van der Waals surface area contributed by atoms with Crippen molar-refractivity contribution in [3.8, 4) is 17.2 Å². The van der Waals surface area contributed by atoms with E-state index in [-0.39, 0.29) is 11.7 Å². The smallest absolute Gasteiger partial charge is 0.277 e. The first-order valence-electron chi connectivity index (χ1n) is 7.72. The number of aromatic nitrogens is 2. The predicted molar refractivity (Wildman–Crippen MR) is 102 cm³/mol. The Morgan fingerprint density at radius 2 is 2.00 bits per heavy atom. The molecule has 0 saturated carbocycles. The number of hydrogen-bond acceptors (Lipinski definition) is 6. The SMILES string of the molecule is COc1ccc(-c2nnc(SCC(=O)Nc3ccc(Cl)cc3C)o2)cc1. The lowest BCUT2D eigenvalue weighted by molar-refractivity contribution is -0.113. The lowest BCUT2D eigenvalue weighted by Crippen LogP contribution is -2.14. The summed E-state index contributed by atoms with van der Waals surface area (Å²) in [5, 5.41) is 11.8. The second kappa shape index (κ2) is 8.25. The van der Waals surface area contributed by atoms with E-state index in [0.717, 1.165) is 22.6 Å². The molecule has 1 amide bonds. The number of ether oxygens (including phenoxy) is 1. The maximum absolute atomic E-state index is 12.1. The molecule has 0 radical (unpaired) electrons. The number of rotatable bonds is 6. The number of hydrogen-bond donors (Lipinski definition) is 1. The van der Waals surface area contributed by atoms with Gasteiger partial charge in [0.1, 0.15) is 5.75 Å². The Balaban J connectivity index is 1.58. The molecule has 8 heteroatoms. The van der Waals surface area contributed by atoms with Crippen molar-refractivity contribution in [3.63, 3.8) is 0 Å². The Hall–Kier alpha value is -2.51. The van der Waals surface area contributed by atoms with Crippen molar-refractivity contribution in [3.05, 3.63) is 53.1 Å². The maximum atomic E-state index is 12.1. The van der Waals surface area contributed by atoms with Crippen molar-refractivity contribution in [2.75, 3.05) is 18.2 Å². The minimum atomic E-state index is -0.162. The molecule has 3 rings (SSSR count). The number of amides is 1. The fraction of sp³-hybridized carbons (Fsp3) is 0.167. The number of thioether (sulfide) groups is 1. The number of nitrogens with one attached hydrogen (secondary N) is 1. The highest BCUT2D eigenvalue weighted by molar-refractivity contribution is 7.99. The third kappa shape index (κ3) is 4.56. The Bertz CT molecular complexity index is 912. The molecule has 2 aromatic carbocycles. The predicted octanol–water partition coefficient (Wildman–Crippen LogP) is 4.44. The Morgan fingerprint density at radius 3 is 2.69 bits per heavy atom. The summed E-state index contributed by atoms with van der Waals surface area (Å²) in [5.74, 6) is 1.14. The van der Waals surface area contributed by atoms with E-state index in [1.807, 2.05) is 31.2 Å². The van der Waals surface area contributed by atoms with E-state index in [9.17, 15) is 4.79 Å². The molecule has 134 valence electrons. The number of halogens is 1. The number of carbonyl (C=O) groups is 1. The van der Waals surface area contributed by atoms with Gasteiger partial charge in [-0.15, -0.1) is 10.2 Å². The van der Waals surface area contributed by atoms with Gasteiger partial charge in [0.05, 0.1) is 12.9 Å². The molecule has 1 N–H and O–H groups in total. The fourth-order valence-corrected chi connectivity index (χ4v) is 2.99. The first-order chi connectivity index (χ1) is 12.5. The molecule has 0 unspecified atom stereocenters. The van der Waals surface area contributed by atoms with Gasteiger partial charge in [-0.2, -0.15) is 0 Å². The van der Waals surface area contributed by atoms with Crippen molar-refractivity contribution in [2.45, 2.75) is 12.1 Å². The summed E-state index contributed by atoms with van der Waals surface area (Å²) in [5.41, 5.74) is 2.41. The molecule has 0 bridgehead atoms. The average molecular weight is 390 g/mol. The first-order valence-corrected chi connectivity index (χ1v) is 9.08. The van der Waals surface area contributed by atoms with Crippen LogP contribution in [0.15, 0.2) is 52.1 Å². The largest absolute Gasteiger partial charge is 0.497 e. The van der Waals surface area contributed by atoms with Gasteiger partial charge < -0.3 is 14.5 Å². The van der Waals surface area contributed by atoms with Crippen LogP contribution < -0.4 is 10.1 Å². The van der Waals surface area contributed by atoms with E-state index in [4.69, 9.17) is 20.8 Å². The van der Waals surface area contributed by atoms with Crippen molar-refractivity contribution in [1.29, 1.82) is 0 Å². The van der Waals surface area contributed by atoms with E-state index in [1.54, 1.807) is 25.3 Å². The summed E-state index contributed by atoms with van der Waals surface area (Å²) in [4.78, 5) is 12.1. The van der Waals surface area contributed by atoms with Gasteiger partial charge in [-0.05, 0) is 55.0 Å². The summed E-state index contributed by atoms with van der Waals surface area (Å²) < 4.78 is 10.7. The minimum absolute atomic E-state index is 0.159. The Morgan fingerprint density at radius 1 is 1.23 bits per heavy atom. The zero-order valence-corrected chi connectivity index (χ0v) is 15.7. The van der Waals surface area contributed by atoms with Crippen LogP contribution in [0.3, 0.4) is 0 Å². The normalized spacial score (nSPS) is 10.6. The molecule has 6 nitrogen and oxygen atoms in total. The van der Waals surface area contributed by atoms with Crippen molar-refractivity contribution < 1.29 is 13.9 Å². The zero-order valence-electron chi connectivity index (χ0n) is 14.2. The highest BCUT2D eigenvalue weighted by Gasteiger charge is 2.12. The standard InChI is InChI=1S/C18H16ClN3O3S/c1-11-9-13(19)5-8-15(11)20-16(23)10-26-18-22-21-17(25-18)12-3-6-14(24-2)7-4-12/h3-9H,10H2,1-2H3,(H,20,23). The summed E-state index contributed by atoms with van der Waals surface area (Å²) in [6.45, 7) is 1.88. The second-order valence-electron chi connectivity index (χ2n) is 5.40. The third-order valence-corrected chi connectivity index (χ3v) is 4.59. The van der Waals surface area contributed by atoms with Gasteiger partial charge in [0.25, 0.3) is 5.22 Å². The number of aryl methyl sites for hydroxylation is 1. The van der Waals surface area contributed by atoms with Crippen LogP contribution in [0.25, 0.3) is 11.5 Å². The number of methoxy groups -OCH3 is 1. The van der Waals surface area contributed by atoms with Crippen LogP contribution in [-0.4, -0.2) is 29.0 Å². The second-order valence-corrected chi connectivity index (χ2v) is 6.76. The van der Waals surface area contributed by atoms with Crippen LogP contribution in [0.5, 0.6) is 5.75 Å². The minimum Gasteiger partial charge on any atom is -0.497 e. The van der Waals surface area contributed by atoms with Gasteiger partial charge >= 0.3 is 0 Å². The van der Waals surface area contributed by atoms with Crippen LogP contribution in [-0.2, 0) is 4.79 Å². The fourth-order valence-electron chi connectivity index (χ4n) is 2.20. The molecule has 3 aromatic rings. The quantitative estimate of drug-likeness (QED) is 0.628. The zero-order chi connectivity index (χ0) is 18.5. The molecule has 26 heavy (non-hydrogen) atoms. The molecule has 1 heterocycles. The van der Waals surface area contributed by atoms with Crippen molar-refractivity contribution in [1.82, 2.24) is 10.2 Å². The van der Waals surface area contributed by atoms with Gasteiger partial charge in [-0.25, -0.2) is 0 Å². The number of nitrogens with zero attached hydrogens (tertiary/aromatic N) is 2. The van der Waals surface area contributed by atoms with E-state index < -0.39 is 0 Å². The van der Waals surface area contributed by atoms with Crippen LogP contribution in [0, 0.1) is 6.92 Å². The summed E-state index contributed by atoms with van der Waals surface area (Å²) >= 11 is 7.09. The third-order valence-electron chi connectivity index (χ3n) is 3.53. The Kier molecular flexibility index (Phi) is 5.80. The average Bonchev–Trinajstić information content (AvgIpc) is 3.11. The van der Waals surface area contributed by atoms with Gasteiger partial charge in [0, 0.05) is 16.3 Å². The van der Waals surface area contributed by atoms with Gasteiger partial charge in [0.2, 0.25) is 11.8 Å². The van der Waals surface area contributed by atoms with Crippen LogP contribution in [0.1, 0.15) is 5.56 Å². The van der Waals surface area contributed by atoms with E-state index in [1.165, 1.54) is 11.8 Å². The molecule has 0 spiro atoms. The molecule has 0 saturated heterocycles. The summed E-state index contributed by atoms with van der Waals surface area (Å²) in [6, 6.07) is 12.6. The van der Waals surface area contributed by atoms with Gasteiger partial charge in [-0.1, -0.05) is 23.4 Å².